The Kier molecular flexibility index (Phi) is 2.24. The molecule has 0 radical (unpaired) electrons. The molecule has 1 aromatic carbocycles. The van der Waals surface area contributed by atoms with Gasteiger partial charge in [0.2, 0.25) is 0 Å². The summed E-state index contributed by atoms with van der Waals surface area (Å²) < 4.78 is 0. The lowest BCUT2D eigenvalue weighted by atomic mass is 10.1. The van der Waals surface area contributed by atoms with Crippen LogP contribution in [0.4, 0.5) is 0 Å². The molecule has 2 aromatic rings. The summed E-state index contributed by atoms with van der Waals surface area (Å²) >= 11 is 3.55. The molecule has 76 valence electrons. The van der Waals surface area contributed by atoms with E-state index in [4.69, 9.17) is 0 Å². The maximum Gasteiger partial charge on any atom is 0.0702 e. The van der Waals surface area contributed by atoms with Gasteiger partial charge >= 0.3 is 0 Å². The summed E-state index contributed by atoms with van der Waals surface area (Å²) in [6.45, 7) is 0. The maximum absolute atomic E-state index is 4.33. The fourth-order valence-corrected chi connectivity index (χ4v) is 2.87. The van der Waals surface area contributed by atoms with Crippen molar-refractivity contribution in [1.29, 1.82) is 0 Å². The van der Waals surface area contributed by atoms with E-state index >= 15 is 0 Å². The third-order valence-corrected chi connectivity index (χ3v) is 4.01. The van der Waals surface area contributed by atoms with Crippen molar-refractivity contribution in [3.63, 3.8) is 0 Å². The molecule has 1 aliphatic carbocycles. The molecule has 1 aliphatic rings. The topological polar surface area (TPSA) is 12.9 Å². The molecule has 0 amide bonds. The number of nitrogens with zero attached hydrogens (tertiary/aromatic N) is 1. The average Bonchev–Trinajstić information content (AvgIpc) is 3.08. The number of hydrogen-bond acceptors (Lipinski definition) is 1. The van der Waals surface area contributed by atoms with Crippen molar-refractivity contribution in [2.24, 2.45) is 5.92 Å². The van der Waals surface area contributed by atoms with Gasteiger partial charge in [0.1, 0.15) is 0 Å². The first-order valence-corrected chi connectivity index (χ1v) is 6.41. The van der Waals surface area contributed by atoms with Gasteiger partial charge in [0, 0.05) is 16.9 Å². The predicted octanol–water partition coefficient (Wildman–Crippen LogP) is 3.73. The highest BCUT2D eigenvalue weighted by Gasteiger charge is 2.36. The first-order chi connectivity index (χ1) is 7.38. The van der Waals surface area contributed by atoms with Crippen molar-refractivity contribution in [3.05, 3.63) is 42.1 Å². The number of fused-ring (bicyclic) bond motifs is 1. The zero-order valence-corrected chi connectivity index (χ0v) is 9.94. The van der Waals surface area contributed by atoms with Gasteiger partial charge in [-0.25, -0.2) is 0 Å². The van der Waals surface area contributed by atoms with E-state index < -0.39 is 0 Å². The summed E-state index contributed by atoms with van der Waals surface area (Å²) in [7, 11) is 0. The van der Waals surface area contributed by atoms with Gasteiger partial charge in [0.15, 0.2) is 0 Å². The standard InChI is InChI=1S/C13H12BrN/c14-8-11-7-12(11)9-3-4-13-10(6-9)2-1-5-15-13/h1-6,11-12H,7-8H2. The summed E-state index contributed by atoms with van der Waals surface area (Å²) in [5.41, 5.74) is 2.57. The van der Waals surface area contributed by atoms with E-state index in [9.17, 15) is 0 Å². The van der Waals surface area contributed by atoms with Crippen LogP contribution in [0.2, 0.25) is 0 Å². The number of benzene rings is 1. The second kappa shape index (κ2) is 3.60. The summed E-state index contributed by atoms with van der Waals surface area (Å²) in [4.78, 5) is 4.33. The zero-order valence-electron chi connectivity index (χ0n) is 8.36. The van der Waals surface area contributed by atoms with Gasteiger partial charge in [-0.2, -0.15) is 0 Å². The lowest BCUT2D eigenvalue weighted by Gasteiger charge is -2.01. The normalized spacial score (nSPS) is 24.3. The van der Waals surface area contributed by atoms with Crippen molar-refractivity contribution in [1.82, 2.24) is 4.98 Å². The third-order valence-electron chi connectivity index (χ3n) is 3.18. The van der Waals surface area contributed by atoms with Gasteiger partial charge in [-0.15, -0.1) is 0 Å². The van der Waals surface area contributed by atoms with Crippen molar-refractivity contribution < 1.29 is 0 Å². The van der Waals surface area contributed by atoms with Crippen LogP contribution in [0, 0.1) is 5.92 Å². The number of aromatic nitrogens is 1. The van der Waals surface area contributed by atoms with Crippen LogP contribution in [0.3, 0.4) is 0 Å². The summed E-state index contributed by atoms with van der Waals surface area (Å²) in [5, 5.41) is 2.39. The molecule has 0 bridgehead atoms. The Morgan fingerprint density at radius 2 is 2.27 bits per heavy atom. The fourth-order valence-electron chi connectivity index (χ4n) is 2.15. The van der Waals surface area contributed by atoms with Gasteiger partial charge in [-0.05, 0) is 42.0 Å². The van der Waals surface area contributed by atoms with Crippen molar-refractivity contribution >= 4 is 26.8 Å². The van der Waals surface area contributed by atoms with Gasteiger partial charge in [-0.3, -0.25) is 4.98 Å². The Balaban J connectivity index is 2.00. The monoisotopic (exact) mass is 261 g/mol. The lowest BCUT2D eigenvalue weighted by Crippen LogP contribution is -1.85. The van der Waals surface area contributed by atoms with Crippen LogP contribution in [-0.4, -0.2) is 10.3 Å². The molecule has 2 heteroatoms. The molecule has 1 nitrogen and oxygen atoms in total. The number of pyridine rings is 1. The van der Waals surface area contributed by atoms with Crippen LogP contribution >= 0.6 is 15.9 Å². The van der Waals surface area contributed by atoms with E-state index in [-0.39, 0.29) is 0 Å². The van der Waals surface area contributed by atoms with Crippen LogP contribution in [0.5, 0.6) is 0 Å². The maximum atomic E-state index is 4.33. The molecule has 1 aromatic heterocycles. The molecule has 0 saturated heterocycles. The largest absolute Gasteiger partial charge is 0.256 e. The Hall–Kier alpha value is -0.890. The minimum absolute atomic E-state index is 0.772. The van der Waals surface area contributed by atoms with Gasteiger partial charge in [0.05, 0.1) is 5.52 Å². The molecule has 2 atom stereocenters. The number of rotatable bonds is 2. The smallest absolute Gasteiger partial charge is 0.0702 e. The SMILES string of the molecule is BrCC1CC1c1ccc2ncccc2c1. The summed E-state index contributed by atoms with van der Waals surface area (Å²) in [6.07, 6.45) is 3.18. The number of alkyl halides is 1. The third kappa shape index (κ3) is 1.67. The average molecular weight is 262 g/mol. The highest BCUT2D eigenvalue weighted by atomic mass is 79.9. The highest BCUT2D eigenvalue weighted by Crippen LogP contribution is 2.48. The van der Waals surface area contributed by atoms with Gasteiger partial charge in [0.25, 0.3) is 0 Å². The highest BCUT2D eigenvalue weighted by molar-refractivity contribution is 9.09. The first kappa shape index (κ1) is 9.34. The Morgan fingerprint density at radius 3 is 3.07 bits per heavy atom. The molecular formula is C13H12BrN. The lowest BCUT2D eigenvalue weighted by molar-refractivity contribution is 0.938. The quantitative estimate of drug-likeness (QED) is 0.751. The number of halogens is 1. The first-order valence-electron chi connectivity index (χ1n) is 5.29. The molecule has 2 unspecified atom stereocenters. The Morgan fingerprint density at radius 1 is 1.33 bits per heavy atom. The number of hydrogen-bond donors (Lipinski definition) is 0. The zero-order chi connectivity index (χ0) is 10.3. The molecule has 1 heterocycles. The van der Waals surface area contributed by atoms with E-state index in [1.807, 2.05) is 12.3 Å². The van der Waals surface area contributed by atoms with E-state index in [1.54, 1.807) is 0 Å². The Bertz CT molecular complexity index is 495. The van der Waals surface area contributed by atoms with Crippen molar-refractivity contribution in [2.75, 3.05) is 5.33 Å². The molecular weight excluding hydrogens is 250 g/mol. The fraction of sp³-hybridized carbons (Fsp3) is 0.308. The van der Waals surface area contributed by atoms with E-state index in [0.29, 0.717) is 0 Å². The van der Waals surface area contributed by atoms with Crippen LogP contribution in [0.1, 0.15) is 17.9 Å². The van der Waals surface area contributed by atoms with E-state index in [2.05, 4.69) is 45.2 Å². The van der Waals surface area contributed by atoms with Gasteiger partial charge < -0.3 is 0 Å². The van der Waals surface area contributed by atoms with Crippen LogP contribution in [0.25, 0.3) is 10.9 Å². The molecule has 1 fully saturated rings. The molecule has 3 rings (SSSR count). The van der Waals surface area contributed by atoms with Gasteiger partial charge in [-0.1, -0.05) is 28.1 Å². The Labute approximate surface area is 97.7 Å². The predicted molar refractivity (Wildman–Crippen MR) is 66.4 cm³/mol. The van der Waals surface area contributed by atoms with Crippen LogP contribution in [0.15, 0.2) is 36.5 Å². The molecule has 0 aliphatic heterocycles. The molecule has 15 heavy (non-hydrogen) atoms. The second-order valence-electron chi connectivity index (χ2n) is 4.21. The second-order valence-corrected chi connectivity index (χ2v) is 4.86. The van der Waals surface area contributed by atoms with Crippen LogP contribution < -0.4 is 0 Å². The van der Waals surface area contributed by atoms with Crippen LogP contribution in [-0.2, 0) is 0 Å². The summed E-state index contributed by atoms with van der Waals surface area (Å²) in [6, 6.07) is 10.8. The minimum atomic E-state index is 0.772. The van der Waals surface area contributed by atoms with E-state index in [0.717, 1.165) is 22.7 Å². The molecule has 0 spiro atoms. The van der Waals surface area contributed by atoms with E-state index in [1.165, 1.54) is 17.4 Å². The molecule has 1 saturated carbocycles. The van der Waals surface area contributed by atoms with Crippen molar-refractivity contribution in [2.45, 2.75) is 12.3 Å². The summed E-state index contributed by atoms with van der Waals surface area (Å²) in [5.74, 6) is 1.62. The minimum Gasteiger partial charge on any atom is -0.256 e. The molecule has 0 N–H and O–H groups in total. The van der Waals surface area contributed by atoms with Crippen molar-refractivity contribution in [3.8, 4) is 0 Å².